The van der Waals surface area contributed by atoms with Gasteiger partial charge in [0.2, 0.25) is 5.91 Å². The third kappa shape index (κ3) is 6.93. The van der Waals surface area contributed by atoms with Gasteiger partial charge in [0.25, 0.3) is 0 Å². The molecule has 7 nitrogen and oxygen atoms in total. The first kappa shape index (κ1) is 30.6. The van der Waals surface area contributed by atoms with Crippen molar-refractivity contribution in [2.45, 2.75) is 96.1 Å². The Morgan fingerprint density at radius 2 is 1.66 bits per heavy atom. The zero-order valence-corrected chi connectivity index (χ0v) is 26.3. The number of cyclic esters (lactones) is 1. The number of amides is 2. The zero-order chi connectivity index (χ0) is 30.6. The van der Waals surface area contributed by atoms with Gasteiger partial charge >= 0.3 is 6.09 Å². The van der Waals surface area contributed by atoms with Gasteiger partial charge in [-0.3, -0.25) is 4.79 Å². The molecule has 0 bridgehead atoms. The first-order valence-corrected chi connectivity index (χ1v) is 16.5. The molecular weight excluding hydrogens is 552 g/mol. The fourth-order valence-corrected chi connectivity index (χ4v) is 7.23. The lowest BCUT2D eigenvalue weighted by Crippen LogP contribution is -2.44. The van der Waals surface area contributed by atoms with Crippen LogP contribution in [0.2, 0.25) is 0 Å². The Hall–Kier alpha value is -3.45. The number of nitrogens with zero attached hydrogens (tertiary/aromatic N) is 2. The van der Waals surface area contributed by atoms with Gasteiger partial charge in [0.1, 0.15) is 12.4 Å². The third-order valence-corrected chi connectivity index (χ3v) is 9.72. The topological polar surface area (TPSA) is 81.9 Å². The van der Waals surface area contributed by atoms with E-state index in [-0.39, 0.29) is 24.5 Å². The predicted molar refractivity (Wildman–Crippen MR) is 168 cm³/mol. The van der Waals surface area contributed by atoms with E-state index in [0.717, 1.165) is 54.2 Å². The van der Waals surface area contributed by atoms with Crippen LogP contribution in [0.15, 0.2) is 65.2 Å². The van der Waals surface area contributed by atoms with Crippen molar-refractivity contribution in [3.8, 4) is 0 Å². The summed E-state index contributed by atoms with van der Waals surface area (Å²) in [4.78, 5) is 28.5. The molecule has 2 amide bonds. The van der Waals surface area contributed by atoms with Crippen LogP contribution >= 0.6 is 0 Å². The lowest BCUT2D eigenvalue weighted by molar-refractivity contribution is -0.133. The maximum atomic E-state index is 14.2. The summed E-state index contributed by atoms with van der Waals surface area (Å²) in [5.41, 5.74) is 4.31. The quantitative estimate of drug-likeness (QED) is 0.175. The molecule has 6 rings (SSSR count). The highest BCUT2D eigenvalue weighted by molar-refractivity contribution is 5.95. The first-order chi connectivity index (χ1) is 21.4. The number of ether oxygens (including phenoxy) is 2. The highest BCUT2D eigenvalue weighted by Gasteiger charge is 2.46. The lowest BCUT2D eigenvalue weighted by atomic mass is 9.69. The molecule has 2 aromatic carbocycles. The number of benzene rings is 2. The van der Waals surface area contributed by atoms with E-state index in [4.69, 9.17) is 19.2 Å². The van der Waals surface area contributed by atoms with Crippen LogP contribution in [0.5, 0.6) is 0 Å². The van der Waals surface area contributed by atoms with E-state index in [1.54, 1.807) is 0 Å². The average molecular weight is 599 g/mol. The minimum absolute atomic E-state index is 0.206. The van der Waals surface area contributed by atoms with Crippen molar-refractivity contribution in [3.63, 3.8) is 0 Å². The van der Waals surface area contributed by atoms with Crippen LogP contribution in [0.1, 0.15) is 105 Å². The van der Waals surface area contributed by atoms with Crippen molar-refractivity contribution in [2.75, 3.05) is 13.2 Å². The van der Waals surface area contributed by atoms with Gasteiger partial charge in [0.05, 0.1) is 18.3 Å². The molecule has 1 aliphatic heterocycles. The second kappa shape index (κ2) is 13.7. The molecule has 1 saturated heterocycles. The summed E-state index contributed by atoms with van der Waals surface area (Å²) in [6.45, 7) is 7.70. The Morgan fingerprint density at radius 3 is 2.32 bits per heavy atom. The van der Waals surface area contributed by atoms with Crippen LogP contribution in [0.25, 0.3) is 0 Å². The van der Waals surface area contributed by atoms with Crippen molar-refractivity contribution >= 4 is 12.0 Å². The molecule has 2 unspecified atom stereocenters. The van der Waals surface area contributed by atoms with Gasteiger partial charge in [-0.05, 0) is 73.8 Å². The van der Waals surface area contributed by atoms with Gasteiger partial charge in [-0.15, -0.1) is 0 Å². The molecule has 7 heteroatoms. The van der Waals surface area contributed by atoms with Gasteiger partial charge in [0, 0.05) is 29.9 Å². The van der Waals surface area contributed by atoms with Crippen LogP contribution in [0.4, 0.5) is 4.79 Å². The highest BCUT2D eigenvalue weighted by Crippen LogP contribution is 2.53. The second-order valence-electron chi connectivity index (χ2n) is 13.6. The largest absolute Gasteiger partial charge is 0.447 e. The van der Waals surface area contributed by atoms with E-state index in [1.165, 1.54) is 16.9 Å². The molecule has 234 valence electrons. The molecule has 1 aromatic heterocycles. The van der Waals surface area contributed by atoms with Crippen LogP contribution < -0.4 is 0 Å². The molecule has 3 fully saturated rings. The first-order valence-electron chi connectivity index (χ1n) is 16.5. The van der Waals surface area contributed by atoms with Crippen molar-refractivity contribution in [1.82, 2.24) is 10.1 Å². The minimum Gasteiger partial charge on any atom is -0.447 e. The summed E-state index contributed by atoms with van der Waals surface area (Å²) in [6, 6.07) is 19.7. The Morgan fingerprint density at radius 1 is 0.977 bits per heavy atom. The summed E-state index contributed by atoms with van der Waals surface area (Å²) >= 11 is 0. The summed E-state index contributed by atoms with van der Waals surface area (Å²) in [7, 11) is 0. The molecule has 3 aromatic rings. The molecule has 2 aliphatic carbocycles. The van der Waals surface area contributed by atoms with E-state index in [2.05, 4.69) is 26.0 Å². The van der Waals surface area contributed by atoms with Crippen LogP contribution in [-0.2, 0) is 27.3 Å². The van der Waals surface area contributed by atoms with Gasteiger partial charge < -0.3 is 14.0 Å². The van der Waals surface area contributed by atoms with Crippen LogP contribution in [0, 0.1) is 17.8 Å². The Labute approximate surface area is 261 Å². The lowest BCUT2D eigenvalue weighted by Gasteiger charge is -2.35. The molecule has 44 heavy (non-hydrogen) atoms. The smallest absolute Gasteiger partial charge is 0.416 e. The maximum Gasteiger partial charge on any atom is 0.416 e. The number of hydrogen-bond acceptors (Lipinski definition) is 6. The van der Waals surface area contributed by atoms with E-state index in [0.29, 0.717) is 43.8 Å². The fraction of sp³-hybridized carbons (Fsp3) is 0.541. The number of hydrogen-bond donors (Lipinski definition) is 0. The van der Waals surface area contributed by atoms with Gasteiger partial charge in [-0.2, -0.15) is 0 Å². The average Bonchev–Trinajstić information content (AvgIpc) is 3.66. The van der Waals surface area contributed by atoms with Crippen molar-refractivity contribution in [2.24, 2.45) is 17.8 Å². The predicted octanol–water partition coefficient (Wildman–Crippen LogP) is 8.01. The summed E-state index contributed by atoms with van der Waals surface area (Å²) in [6.07, 6.45) is 6.41. The molecule has 2 saturated carbocycles. The van der Waals surface area contributed by atoms with Crippen molar-refractivity contribution in [3.05, 3.63) is 88.8 Å². The number of rotatable bonds is 14. The summed E-state index contributed by atoms with van der Waals surface area (Å²) < 4.78 is 17.7. The summed E-state index contributed by atoms with van der Waals surface area (Å²) in [5, 5.41) is 4.72. The standard InChI is InChI=1S/C37H46N2O5/c1-24(2)18-28-19-30(20-28)35-33(29-14-15-29)34(38-44-35)32(16-17-42-22-27-12-8-5-9-13-27)25(3)36(40)39-31(23-43-37(39)41)21-26-10-6-4-7-11-26/h4-13,24-25,28-32H,14-23H2,1-3H3/t25?,28?,30?,31-,32?/m1/s1. The monoisotopic (exact) mass is 598 g/mol. The molecule has 0 radical (unpaired) electrons. The molecule has 3 aliphatic rings. The normalized spacial score (nSPS) is 23.0. The molecular formula is C37H46N2O5. The Bertz CT molecular complexity index is 1390. The second-order valence-corrected chi connectivity index (χ2v) is 13.6. The van der Waals surface area contributed by atoms with Crippen LogP contribution in [0.3, 0.4) is 0 Å². The minimum atomic E-state index is -0.559. The third-order valence-electron chi connectivity index (χ3n) is 9.72. The van der Waals surface area contributed by atoms with E-state index >= 15 is 0 Å². The molecule has 2 heterocycles. The maximum absolute atomic E-state index is 14.2. The van der Waals surface area contributed by atoms with Gasteiger partial charge in [-0.25, -0.2) is 9.69 Å². The highest BCUT2D eigenvalue weighted by atomic mass is 16.6. The zero-order valence-electron chi connectivity index (χ0n) is 26.3. The van der Waals surface area contributed by atoms with E-state index in [9.17, 15) is 9.59 Å². The Kier molecular flexibility index (Phi) is 9.50. The molecule has 0 N–H and O–H groups in total. The number of carbonyl (C=O) groups is 2. The molecule has 0 spiro atoms. The number of aromatic nitrogens is 1. The van der Waals surface area contributed by atoms with Crippen LogP contribution in [-0.4, -0.2) is 41.3 Å². The van der Waals surface area contributed by atoms with Crippen molar-refractivity contribution in [1.29, 1.82) is 0 Å². The van der Waals surface area contributed by atoms with Gasteiger partial charge in [0.15, 0.2) is 0 Å². The van der Waals surface area contributed by atoms with Crippen molar-refractivity contribution < 1.29 is 23.6 Å². The number of imide groups is 1. The number of carbonyl (C=O) groups excluding carboxylic acids is 2. The molecule has 3 atom stereocenters. The van der Waals surface area contributed by atoms with E-state index < -0.39 is 12.0 Å². The van der Waals surface area contributed by atoms with Gasteiger partial charge in [-0.1, -0.05) is 86.6 Å². The summed E-state index contributed by atoms with van der Waals surface area (Å²) in [5.74, 6) is 2.38. The van der Waals surface area contributed by atoms with E-state index in [1.807, 2.05) is 55.5 Å². The SMILES string of the molecule is CC(C)CC1CC(c2onc(C(CCOCc3ccccc3)C(C)C(=O)N3C(=O)OC[C@H]3Cc3ccccc3)c2C2CC2)C1. The fourth-order valence-electron chi connectivity index (χ4n) is 7.23. The Balaban J connectivity index is 1.23.